The lowest BCUT2D eigenvalue weighted by Gasteiger charge is -2.35. The van der Waals surface area contributed by atoms with E-state index in [0.717, 1.165) is 24.7 Å². The molecule has 1 aliphatic heterocycles. The Bertz CT molecular complexity index is 425. The Balaban J connectivity index is 2.13. The fourth-order valence-electron chi connectivity index (χ4n) is 1.95. The number of pyridine rings is 1. The van der Waals surface area contributed by atoms with Gasteiger partial charge in [0.25, 0.3) is 0 Å². The number of anilines is 1. The average Bonchev–Trinajstić information content (AvgIpc) is 2.39. The van der Waals surface area contributed by atoms with Gasteiger partial charge in [0.15, 0.2) is 0 Å². The predicted molar refractivity (Wildman–Crippen MR) is 72.2 cm³/mol. The summed E-state index contributed by atoms with van der Waals surface area (Å²) in [7, 11) is 0. The van der Waals surface area contributed by atoms with Crippen LogP contribution >= 0.6 is 11.8 Å². The van der Waals surface area contributed by atoms with Gasteiger partial charge in [0.05, 0.1) is 11.6 Å². The smallest absolute Gasteiger partial charge is 0.129 e. The van der Waals surface area contributed by atoms with Crippen molar-refractivity contribution in [3.8, 4) is 6.07 Å². The SMILES string of the molecule is CC(C)C1CN(c2cc(C#N)ccn2)CCS1. The van der Waals surface area contributed by atoms with Crippen LogP contribution in [0.4, 0.5) is 5.82 Å². The first kappa shape index (κ1) is 12.3. The van der Waals surface area contributed by atoms with Crippen molar-refractivity contribution in [3.05, 3.63) is 23.9 Å². The Morgan fingerprint density at radius 2 is 2.41 bits per heavy atom. The minimum absolute atomic E-state index is 0.663. The van der Waals surface area contributed by atoms with Crippen molar-refractivity contribution < 1.29 is 0 Å². The number of nitrogens with zero attached hydrogens (tertiary/aromatic N) is 3. The molecule has 17 heavy (non-hydrogen) atoms. The van der Waals surface area contributed by atoms with Gasteiger partial charge < -0.3 is 4.90 Å². The zero-order chi connectivity index (χ0) is 12.3. The van der Waals surface area contributed by atoms with Gasteiger partial charge in [-0.3, -0.25) is 0 Å². The van der Waals surface area contributed by atoms with Gasteiger partial charge in [-0.1, -0.05) is 13.8 Å². The lowest BCUT2D eigenvalue weighted by atomic mass is 10.1. The van der Waals surface area contributed by atoms with Gasteiger partial charge in [-0.25, -0.2) is 4.98 Å². The zero-order valence-electron chi connectivity index (χ0n) is 10.3. The fourth-order valence-corrected chi connectivity index (χ4v) is 3.25. The highest BCUT2D eigenvalue weighted by atomic mass is 32.2. The van der Waals surface area contributed by atoms with Crippen LogP contribution in [0.2, 0.25) is 0 Å². The van der Waals surface area contributed by atoms with Crippen molar-refractivity contribution in [2.75, 3.05) is 23.7 Å². The number of thioether (sulfide) groups is 1. The third kappa shape index (κ3) is 2.92. The van der Waals surface area contributed by atoms with E-state index >= 15 is 0 Å². The molecule has 0 spiro atoms. The van der Waals surface area contributed by atoms with Crippen molar-refractivity contribution in [1.82, 2.24) is 4.98 Å². The van der Waals surface area contributed by atoms with E-state index in [-0.39, 0.29) is 0 Å². The molecular weight excluding hydrogens is 230 g/mol. The second kappa shape index (κ2) is 5.42. The van der Waals surface area contributed by atoms with Crippen LogP contribution < -0.4 is 4.90 Å². The molecule has 0 N–H and O–H groups in total. The van der Waals surface area contributed by atoms with E-state index in [9.17, 15) is 0 Å². The molecule has 1 aliphatic rings. The van der Waals surface area contributed by atoms with Crippen molar-refractivity contribution in [2.45, 2.75) is 19.1 Å². The minimum Gasteiger partial charge on any atom is -0.355 e. The Morgan fingerprint density at radius 1 is 1.59 bits per heavy atom. The Kier molecular flexibility index (Phi) is 3.90. The summed E-state index contributed by atoms with van der Waals surface area (Å²) < 4.78 is 0. The molecule has 2 heterocycles. The topological polar surface area (TPSA) is 39.9 Å². The van der Waals surface area contributed by atoms with Gasteiger partial charge in [-0.05, 0) is 18.1 Å². The summed E-state index contributed by atoms with van der Waals surface area (Å²) in [5.41, 5.74) is 0.689. The van der Waals surface area contributed by atoms with Gasteiger partial charge in [-0.15, -0.1) is 0 Å². The summed E-state index contributed by atoms with van der Waals surface area (Å²) in [6, 6.07) is 5.80. The lowest BCUT2D eigenvalue weighted by molar-refractivity contribution is 0.580. The van der Waals surface area contributed by atoms with Crippen molar-refractivity contribution in [1.29, 1.82) is 5.26 Å². The standard InChI is InChI=1S/C13H17N3S/c1-10(2)12-9-16(5-6-17-12)13-7-11(8-14)3-4-15-13/h3-4,7,10,12H,5-6,9H2,1-2H3. The van der Waals surface area contributed by atoms with Crippen molar-refractivity contribution in [2.24, 2.45) is 5.92 Å². The van der Waals surface area contributed by atoms with Crippen molar-refractivity contribution in [3.63, 3.8) is 0 Å². The van der Waals surface area contributed by atoms with Crippen LogP contribution in [-0.4, -0.2) is 29.1 Å². The summed E-state index contributed by atoms with van der Waals surface area (Å²) in [5.74, 6) is 2.76. The third-order valence-electron chi connectivity index (χ3n) is 3.04. The third-order valence-corrected chi connectivity index (χ3v) is 4.58. The summed E-state index contributed by atoms with van der Waals surface area (Å²) in [6.45, 7) is 6.58. The van der Waals surface area contributed by atoms with E-state index in [4.69, 9.17) is 5.26 Å². The highest BCUT2D eigenvalue weighted by Gasteiger charge is 2.23. The Hall–Kier alpha value is -1.21. The highest BCUT2D eigenvalue weighted by Crippen LogP contribution is 2.27. The molecule has 0 radical (unpaired) electrons. The van der Waals surface area contributed by atoms with E-state index in [0.29, 0.717) is 16.7 Å². The highest BCUT2D eigenvalue weighted by molar-refractivity contribution is 8.00. The molecule has 0 amide bonds. The fraction of sp³-hybridized carbons (Fsp3) is 0.538. The monoisotopic (exact) mass is 247 g/mol. The summed E-state index contributed by atoms with van der Waals surface area (Å²) in [6.07, 6.45) is 1.72. The van der Waals surface area contributed by atoms with Gasteiger partial charge in [0.1, 0.15) is 5.82 Å². The molecule has 0 aromatic carbocycles. The van der Waals surface area contributed by atoms with E-state index in [1.165, 1.54) is 0 Å². The second-order valence-corrected chi connectivity index (χ2v) is 5.96. The van der Waals surface area contributed by atoms with Crippen molar-refractivity contribution >= 4 is 17.6 Å². The molecule has 90 valence electrons. The van der Waals surface area contributed by atoms with Crippen LogP contribution in [0, 0.1) is 17.2 Å². The normalized spacial score (nSPS) is 20.4. The first-order chi connectivity index (χ1) is 8.20. The molecule has 0 aliphatic carbocycles. The summed E-state index contributed by atoms with van der Waals surface area (Å²) in [4.78, 5) is 6.66. The Morgan fingerprint density at radius 3 is 3.12 bits per heavy atom. The largest absolute Gasteiger partial charge is 0.355 e. The molecule has 1 fully saturated rings. The molecule has 2 rings (SSSR count). The molecular formula is C13H17N3S. The van der Waals surface area contributed by atoms with Gasteiger partial charge in [0, 0.05) is 30.3 Å². The van der Waals surface area contributed by atoms with E-state index < -0.39 is 0 Å². The Labute approximate surface area is 107 Å². The number of rotatable bonds is 2. The summed E-state index contributed by atoms with van der Waals surface area (Å²) >= 11 is 2.05. The van der Waals surface area contributed by atoms with Crippen LogP contribution in [0.25, 0.3) is 0 Å². The first-order valence-electron chi connectivity index (χ1n) is 5.93. The van der Waals surface area contributed by atoms with E-state index in [1.807, 2.05) is 17.8 Å². The van der Waals surface area contributed by atoms with Crippen LogP contribution in [0.3, 0.4) is 0 Å². The molecule has 4 heteroatoms. The maximum Gasteiger partial charge on any atom is 0.129 e. The van der Waals surface area contributed by atoms with E-state index in [2.05, 4.69) is 29.8 Å². The number of hydrogen-bond donors (Lipinski definition) is 0. The van der Waals surface area contributed by atoms with Crippen LogP contribution in [0.1, 0.15) is 19.4 Å². The van der Waals surface area contributed by atoms with Gasteiger partial charge >= 0.3 is 0 Å². The summed E-state index contributed by atoms with van der Waals surface area (Å²) in [5, 5.41) is 9.56. The first-order valence-corrected chi connectivity index (χ1v) is 6.98. The molecule has 3 nitrogen and oxygen atoms in total. The van der Waals surface area contributed by atoms with Crippen LogP contribution in [0.5, 0.6) is 0 Å². The van der Waals surface area contributed by atoms with Gasteiger partial charge in [0.2, 0.25) is 0 Å². The molecule has 1 unspecified atom stereocenters. The molecule has 1 atom stereocenters. The number of nitriles is 1. The quantitative estimate of drug-likeness (QED) is 0.805. The van der Waals surface area contributed by atoms with Crippen LogP contribution in [0.15, 0.2) is 18.3 Å². The number of aromatic nitrogens is 1. The molecule has 1 aromatic rings. The molecule has 0 bridgehead atoms. The maximum atomic E-state index is 8.90. The van der Waals surface area contributed by atoms with Crippen LogP contribution in [-0.2, 0) is 0 Å². The molecule has 0 saturated carbocycles. The second-order valence-electron chi connectivity index (χ2n) is 4.61. The van der Waals surface area contributed by atoms with E-state index in [1.54, 1.807) is 12.3 Å². The molecule has 1 aromatic heterocycles. The minimum atomic E-state index is 0.663. The predicted octanol–water partition coefficient (Wildman–Crippen LogP) is 2.53. The lowest BCUT2D eigenvalue weighted by Crippen LogP contribution is -2.40. The number of hydrogen-bond acceptors (Lipinski definition) is 4. The molecule has 1 saturated heterocycles. The zero-order valence-corrected chi connectivity index (χ0v) is 11.1. The average molecular weight is 247 g/mol. The van der Waals surface area contributed by atoms with Gasteiger partial charge in [-0.2, -0.15) is 17.0 Å². The maximum absolute atomic E-state index is 8.90.